The number of carboxylic acids is 3. The molecule has 0 bridgehead atoms. The first-order valence-electron chi connectivity index (χ1n) is 19.7. The summed E-state index contributed by atoms with van der Waals surface area (Å²) < 4.78 is 11.1. The first-order valence-corrected chi connectivity index (χ1v) is 20.8. The summed E-state index contributed by atoms with van der Waals surface area (Å²) in [5.41, 5.74) is 3.81. The van der Waals surface area contributed by atoms with Gasteiger partial charge >= 0.3 is 17.9 Å². The highest BCUT2D eigenvalue weighted by Crippen LogP contribution is 2.34. The number of halogens is 3. The Morgan fingerprint density at radius 2 is 1.35 bits per heavy atom. The molecule has 1 amide bonds. The Morgan fingerprint density at radius 3 is 1.95 bits per heavy atom. The molecule has 0 radical (unpaired) electrons. The largest absolute Gasteiger partial charge is 0.493 e. The summed E-state index contributed by atoms with van der Waals surface area (Å²) in [7, 11) is 0. The predicted octanol–water partition coefficient (Wildman–Crippen LogP) is 11.5. The number of rotatable bonds is 17. The van der Waals surface area contributed by atoms with Crippen LogP contribution in [0.5, 0.6) is 11.5 Å². The number of aliphatic carboxylic acids is 3. The average Bonchev–Trinajstić information content (AvgIpc) is 3.21. The van der Waals surface area contributed by atoms with Crippen molar-refractivity contribution in [2.75, 3.05) is 18.5 Å². The van der Waals surface area contributed by atoms with E-state index in [2.05, 4.69) is 16.7 Å². The van der Waals surface area contributed by atoms with Crippen molar-refractivity contribution in [1.29, 1.82) is 0 Å². The summed E-state index contributed by atoms with van der Waals surface area (Å²) in [4.78, 5) is 44.8. The van der Waals surface area contributed by atoms with Gasteiger partial charge in [0.1, 0.15) is 11.5 Å². The molecule has 0 saturated carbocycles. The molecule has 5 rings (SSSR count). The molecule has 0 aliphatic rings. The molecular formula is C48H53Cl3N2O9. The molecular weight excluding hydrogens is 855 g/mol. The van der Waals surface area contributed by atoms with Crippen LogP contribution >= 0.6 is 34.8 Å². The van der Waals surface area contributed by atoms with Crippen LogP contribution in [-0.2, 0) is 27.2 Å². The molecule has 0 heterocycles. The zero-order valence-electron chi connectivity index (χ0n) is 35.6. The van der Waals surface area contributed by atoms with E-state index in [1.54, 1.807) is 86.6 Å². The van der Waals surface area contributed by atoms with Gasteiger partial charge in [0.25, 0.3) is 5.91 Å². The Kier molecular flexibility index (Phi) is 19.6. The fraction of sp³-hybridized carbons (Fsp3) is 0.292. The van der Waals surface area contributed by atoms with Gasteiger partial charge in [-0.15, -0.1) is 0 Å². The summed E-state index contributed by atoms with van der Waals surface area (Å²) >= 11 is 17.9. The van der Waals surface area contributed by atoms with Gasteiger partial charge in [-0.2, -0.15) is 0 Å². The van der Waals surface area contributed by atoms with E-state index in [4.69, 9.17) is 59.6 Å². The fourth-order valence-electron chi connectivity index (χ4n) is 5.46. The van der Waals surface area contributed by atoms with Gasteiger partial charge in [-0.1, -0.05) is 83.3 Å². The highest BCUT2D eigenvalue weighted by Gasteiger charge is 2.29. The Morgan fingerprint density at radius 1 is 0.726 bits per heavy atom. The van der Waals surface area contributed by atoms with Crippen molar-refractivity contribution in [3.05, 3.63) is 152 Å². The number of benzene rings is 5. The Balaban J connectivity index is 0.000000252. The van der Waals surface area contributed by atoms with Crippen LogP contribution < -0.4 is 20.1 Å². The molecule has 0 aliphatic carbocycles. The predicted molar refractivity (Wildman–Crippen MR) is 246 cm³/mol. The van der Waals surface area contributed by atoms with Crippen LogP contribution in [0, 0.1) is 19.3 Å². The van der Waals surface area contributed by atoms with Crippen molar-refractivity contribution in [3.8, 4) is 11.5 Å². The van der Waals surface area contributed by atoms with Gasteiger partial charge in [0.05, 0.1) is 34.2 Å². The highest BCUT2D eigenvalue weighted by molar-refractivity contribution is 6.39. The zero-order chi connectivity index (χ0) is 46.0. The molecule has 5 aromatic carbocycles. The lowest BCUT2D eigenvalue weighted by atomic mass is 9.88. The van der Waals surface area contributed by atoms with Crippen LogP contribution in [0.2, 0.25) is 15.1 Å². The molecule has 0 spiro atoms. The van der Waals surface area contributed by atoms with E-state index in [1.807, 2.05) is 44.2 Å². The van der Waals surface area contributed by atoms with Gasteiger partial charge < -0.3 is 35.4 Å². The number of carbonyl (C=O) groups is 4. The Bertz CT molecular complexity index is 2260. The van der Waals surface area contributed by atoms with E-state index in [9.17, 15) is 19.2 Å². The second-order valence-electron chi connectivity index (χ2n) is 15.4. The zero-order valence-corrected chi connectivity index (χ0v) is 37.8. The number of hydrogen-bond donors (Lipinski definition) is 5. The Hall–Kier alpha value is -5.75. The standard InChI is InChI=1S/C19H20ClNO4.C15H22O3.C14H11Cl2NO2/c1-19(2,18(23)24)25-16-9-3-13(4-10-16)11-12-21-17(22)14-5-7-15(20)8-6-14;1-11-6-7-12(2)13(10-11)18-9-5-8-15(3,4)14(16)17;15-10-5-3-6-11(16)14(10)17-12-7-2-1-4-9(12)8-13(18)19/h3-10H,11-12H2,1-2H3,(H,21,22)(H,23,24);6-7,10H,5,8-9H2,1-4H3,(H,16,17);1-7,17H,8H2,(H,18,19). The van der Waals surface area contributed by atoms with Crippen molar-refractivity contribution in [2.45, 2.75) is 72.8 Å². The average molecular weight is 908 g/mol. The van der Waals surface area contributed by atoms with E-state index in [-0.39, 0.29) is 12.3 Å². The van der Waals surface area contributed by atoms with Gasteiger partial charge in [0.15, 0.2) is 5.60 Å². The number of amides is 1. The third kappa shape index (κ3) is 17.0. The third-order valence-electron chi connectivity index (χ3n) is 9.32. The number of hydrogen-bond acceptors (Lipinski definition) is 7. The summed E-state index contributed by atoms with van der Waals surface area (Å²) in [5, 5.41) is 34.4. The number of aryl methyl sites for hydroxylation is 2. The lowest BCUT2D eigenvalue weighted by molar-refractivity contribution is -0.152. The summed E-state index contributed by atoms with van der Waals surface area (Å²) in [6.45, 7) is 11.6. The van der Waals surface area contributed by atoms with Crippen molar-refractivity contribution < 1.29 is 44.0 Å². The summed E-state index contributed by atoms with van der Waals surface area (Å²) in [6, 6.07) is 32.3. The number of carbonyl (C=O) groups excluding carboxylic acids is 1. The molecule has 5 N–H and O–H groups in total. The molecule has 0 aromatic heterocycles. The maximum atomic E-state index is 12.0. The molecule has 0 saturated heterocycles. The lowest BCUT2D eigenvalue weighted by Gasteiger charge is -2.21. The maximum Gasteiger partial charge on any atom is 0.347 e. The summed E-state index contributed by atoms with van der Waals surface area (Å²) in [5.74, 6) is -1.44. The van der Waals surface area contributed by atoms with Crippen LogP contribution in [-0.4, -0.2) is 57.9 Å². The Labute approximate surface area is 378 Å². The smallest absolute Gasteiger partial charge is 0.347 e. The number of nitrogens with one attached hydrogen (secondary N) is 2. The van der Waals surface area contributed by atoms with Crippen LogP contribution in [0.1, 0.15) is 73.1 Å². The highest BCUT2D eigenvalue weighted by atomic mass is 35.5. The van der Waals surface area contributed by atoms with Gasteiger partial charge in [-0.25, -0.2) is 4.79 Å². The van der Waals surface area contributed by atoms with E-state index in [0.717, 1.165) is 23.3 Å². The van der Waals surface area contributed by atoms with Crippen LogP contribution in [0.25, 0.3) is 0 Å². The van der Waals surface area contributed by atoms with Crippen LogP contribution in [0.4, 0.5) is 11.4 Å². The van der Waals surface area contributed by atoms with E-state index in [1.165, 1.54) is 19.4 Å². The van der Waals surface area contributed by atoms with Crippen LogP contribution in [0.3, 0.4) is 0 Å². The number of anilines is 2. The topological polar surface area (TPSA) is 171 Å². The van der Waals surface area contributed by atoms with Gasteiger partial charge in [-0.3, -0.25) is 14.4 Å². The second kappa shape index (κ2) is 24.0. The van der Waals surface area contributed by atoms with Crippen molar-refractivity contribution in [3.63, 3.8) is 0 Å². The fourth-order valence-corrected chi connectivity index (χ4v) is 6.08. The van der Waals surface area contributed by atoms with Crippen LogP contribution in [0.15, 0.2) is 109 Å². The molecule has 0 unspecified atom stereocenters. The SMILES string of the molecule is CC(C)(Oc1ccc(CCNC(=O)c2ccc(Cl)cc2)cc1)C(=O)O.Cc1ccc(C)c(OCCCC(C)(C)C(=O)O)c1.O=C(O)Cc1ccccc1Nc1c(Cl)cccc1Cl. The van der Waals surface area contributed by atoms with Gasteiger partial charge in [-0.05, 0) is 144 Å². The van der Waals surface area contributed by atoms with E-state index >= 15 is 0 Å². The monoisotopic (exact) mass is 906 g/mol. The number of ether oxygens (including phenoxy) is 2. The lowest BCUT2D eigenvalue weighted by Crippen LogP contribution is -2.37. The number of carboxylic acid groups (broad SMARTS) is 3. The molecule has 62 heavy (non-hydrogen) atoms. The molecule has 0 fully saturated rings. The van der Waals surface area contributed by atoms with E-state index in [0.29, 0.717) is 69.3 Å². The van der Waals surface area contributed by atoms with E-state index < -0.39 is 28.9 Å². The molecule has 0 aliphatic heterocycles. The van der Waals surface area contributed by atoms with Gasteiger partial charge in [0.2, 0.25) is 0 Å². The van der Waals surface area contributed by atoms with Crippen molar-refractivity contribution in [1.82, 2.24) is 5.32 Å². The molecule has 330 valence electrons. The quantitative estimate of drug-likeness (QED) is 0.0566. The van der Waals surface area contributed by atoms with Crippen molar-refractivity contribution >= 4 is 70.0 Å². The minimum Gasteiger partial charge on any atom is -0.493 e. The van der Waals surface area contributed by atoms with Gasteiger partial charge in [0, 0.05) is 22.8 Å². The first-order chi connectivity index (χ1) is 29.2. The molecule has 5 aromatic rings. The minimum atomic E-state index is -1.28. The molecule has 0 atom stereocenters. The normalized spacial score (nSPS) is 10.9. The summed E-state index contributed by atoms with van der Waals surface area (Å²) in [6.07, 6.45) is 1.95. The maximum absolute atomic E-state index is 12.0. The van der Waals surface area contributed by atoms with Crippen molar-refractivity contribution in [2.24, 2.45) is 5.41 Å². The minimum absolute atomic E-state index is 0.0642. The number of para-hydroxylation sites is 2. The third-order valence-corrected chi connectivity index (χ3v) is 10.2. The molecule has 14 heteroatoms. The molecule has 11 nitrogen and oxygen atoms in total. The first kappa shape index (κ1) is 50.6. The second-order valence-corrected chi connectivity index (χ2v) is 16.7.